The third-order valence-corrected chi connectivity index (χ3v) is 11.5. The molecule has 0 saturated carbocycles. The number of allylic oxidation sites excluding steroid dienone is 4. The Kier molecular flexibility index (Phi) is 8.66. The first-order valence-electron chi connectivity index (χ1n) is 19.5. The highest BCUT2D eigenvalue weighted by Gasteiger charge is 2.18. The molecule has 56 heavy (non-hydrogen) atoms. The van der Waals surface area contributed by atoms with Gasteiger partial charge in [0.05, 0.1) is 34.8 Å². The van der Waals surface area contributed by atoms with Crippen LogP contribution in [0.25, 0.3) is 66.0 Å². The summed E-state index contributed by atoms with van der Waals surface area (Å²) in [4.78, 5) is 0. The normalized spacial score (nSPS) is 15.0. The highest BCUT2D eigenvalue weighted by Crippen LogP contribution is 2.38. The average Bonchev–Trinajstić information content (AvgIpc) is 3.77. The van der Waals surface area contributed by atoms with E-state index in [1.54, 1.807) is 6.20 Å². The van der Waals surface area contributed by atoms with Crippen molar-refractivity contribution in [3.63, 3.8) is 0 Å². The van der Waals surface area contributed by atoms with Crippen molar-refractivity contribution < 1.29 is 0 Å². The molecule has 0 spiro atoms. The maximum Gasteiger partial charge on any atom is 0.0739 e. The molecule has 2 heterocycles. The molecule has 10 rings (SSSR count). The van der Waals surface area contributed by atoms with Crippen LogP contribution >= 0.6 is 0 Å². The molecule has 0 aliphatic heterocycles. The summed E-state index contributed by atoms with van der Waals surface area (Å²) in [5.74, 6) is 0.347. The topological polar surface area (TPSA) is 47.9 Å². The molecule has 1 aliphatic rings. The molecule has 0 amide bonds. The molecule has 0 radical (unpaired) electrons. The number of nitrogens with one attached hydrogen (secondary N) is 1. The van der Waals surface area contributed by atoms with Crippen molar-refractivity contribution in [1.82, 2.24) is 14.5 Å². The number of benzene rings is 7. The van der Waals surface area contributed by atoms with E-state index in [2.05, 4.69) is 203 Å². The third kappa shape index (κ3) is 6.01. The first-order chi connectivity index (χ1) is 27.7. The van der Waals surface area contributed by atoms with Gasteiger partial charge in [-0.25, -0.2) is 0 Å². The van der Waals surface area contributed by atoms with Gasteiger partial charge in [-0.2, -0.15) is 0 Å². The van der Waals surface area contributed by atoms with Gasteiger partial charge in [0.25, 0.3) is 0 Å². The second kappa shape index (κ2) is 14.4. The summed E-state index contributed by atoms with van der Waals surface area (Å²) in [6.07, 6.45) is 11.6. The van der Waals surface area contributed by atoms with Gasteiger partial charge in [-0.05, 0) is 101 Å². The van der Waals surface area contributed by atoms with Crippen molar-refractivity contribution in [2.24, 2.45) is 5.73 Å². The van der Waals surface area contributed by atoms with E-state index < -0.39 is 0 Å². The number of aromatic nitrogens is 2. The largest absolute Gasteiger partial charge is 0.405 e. The van der Waals surface area contributed by atoms with E-state index in [4.69, 9.17) is 5.73 Å². The highest BCUT2D eigenvalue weighted by atomic mass is 15.1. The summed E-state index contributed by atoms with van der Waals surface area (Å²) < 4.78 is 4.76. The quantitative estimate of drug-likeness (QED) is 0.156. The van der Waals surface area contributed by atoms with Gasteiger partial charge in [0.15, 0.2) is 0 Å². The minimum Gasteiger partial charge on any atom is -0.405 e. The summed E-state index contributed by atoms with van der Waals surface area (Å²) in [5.41, 5.74) is 19.5. The van der Waals surface area contributed by atoms with Crippen LogP contribution in [0.1, 0.15) is 35.1 Å². The minimum absolute atomic E-state index is 0.0454. The maximum absolute atomic E-state index is 6.04. The van der Waals surface area contributed by atoms with Gasteiger partial charge in [0.1, 0.15) is 0 Å². The molecular weight excluding hydrogens is 681 g/mol. The molecule has 0 saturated heterocycles. The monoisotopic (exact) mass is 722 g/mol. The fourth-order valence-electron chi connectivity index (χ4n) is 8.70. The molecule has 9 aromatic rings. The molecule has 2 aromatic heterocycles. The van der Waals surface area contributed by atoms with E-state index in [1.165, 1.54) is 82.7 Å². The van der Waals surface area contributed by atoms with E-state index in [1.807, 2.05) is 6.08 Å². The number of rotatable bonds is 9. The summed E-state index contributed by atoms with van der Waals surface area (Å²) in [6, 6.07) is 61.5. The van der Waals surface area contributed by atoms with Crippen molar-refractivity contribution in [3.05, 3.63) is 217 Å². The van der Waals surface area contributed by atoms with Gasteiger partial charge < -0.3 is 14.9 Å². The Balaban J connectivity index is 0.953. The predicted octanol–water partition coefficient (Wildman–Crippen LogP) is 12.4. The van der Waals surface area contributed by atoms with Gasteiger partial charge in [0.2, 0.25) is 0 Å². The number of nitrogens with zero attached hydrogens (tertiary/aromatic N) is 2. The van der Waals surface area contributed by atoms with Crippen molar-refractivity contribution in [3.8, 4) is 16.8 Å². The first kappa shape index (κ1) is 33.7. The lowest BCUT2D eigenvalue weighted by Crippen LogP contribution is -2.23. The molecule has 2 unspecified atom stereocenters. The van der Waals surface area contributed by atoms with Crippen LogP contribution < -0.4 is 11.1 Å². The molecule has 0 bridgehead atoms. The lowest BCUT2D eigenvalue weighted by atomic mass is 9.87. The van der Waals surface area contributed by atoms with Crippen molar-refractivity contribution >= 4 is 49.2 Å². The van der Waals surface area contributed by atoms with Crippen LogP contribution in [-0.2, 0) is 6.67 Å². The summed E-state index contributed by atoms with van der Waals surface area (Å²) in [5, 5.41) is 8.82. The number of hydrogen-bond donors (Lipinski definition) is 2. The van der Waals surface area contributed by atoms with Gasteiger partial charge in [-0.15, -0.1) is 0 Å². The Morgan fingerprint density at radius 2 is 1.18 bits per heavy atom. The van der Waals surface area contributed by atoms with Gasteiger partial charge in [0, 0.05) is 33.2 Å². The van der Waals surface area contributed by atoms with E-state index in [0.717, 1.165) is 6.42 Å². The Morgan fingerprint density at radius 3 is 1.91 bits per heavy atom. The summed E-state index contributed by atoms with van der Waals surface area (Å²) >= 11 is 0. The second-order valence-electron chi connectivity index (χ2n) is 14.7. The average molecular weight is 723 g/mol. The van der Waals surface area contributed by atoms with E-state index in [-0.39, 0.29) is 6.04 Å². The number of hydrogen-bond acceptors (Lipinski definition) is 2. The zero-order valence-electron chi connectivity index (χ0n) is 31.1. The van der Waals surface area contributed by atoms with Crippen LogP contribution in [0.3, 0.4) is 0 Å². The molecule has 0 fully saturated rings. The zero-order chi connectivity index (χ0) is 37.4. The Bertz CT molecular complexity index is 2940. The Hall–Kier alpha value is -6.88. The lowest BCUT2D eigenvalue weighted by Gasteiger charge is -2.20. The lowest BCUT2D eigenvalue weighted by molar-refractivity contribution is 0.536. The second-order valence-corrected chi connectivity index (χ2v) is 14.7. The van der Waals surface area contributed by atoms with E-state index in [0.29, 0.717) is 12.6 Å². The molecule has 2 atom stereocenters. The van der Waals surface area contributed by atoms with Crippen LogP contribution in [0.15, 0.2) is 200 Å². The first-order valence-corrected chi connectivity index (χ1v) is 19.5. The van der Waals surface area contributed by atoms with Crippen LogP contribution in [-0.4, -0.2) is 9.13 Å². The third-order valence-electron chi connectivity index (χ3n) is 11.5. The van der Waals surface area contributed by atoms with Gasteiger partial charge in [-0.3, -0.25) is 5.32 Å². The summed E-state index contributed by atoms with van der Waals surface area (Å²) in [7, 11) is 0. The molecule has 3 N–H and O–H groups in total. The van der Waals surface area contributed by atoms with Crippen LogP contribution in [0.2, 0.25) is 0 Å². The fourth-order valence-corrected chi connectivity index (χ4v) is 8.70. The highest BCUT2D eigenvalue weighted by molar-refractivity contribution is 6.12. The number of para-hydroxylation sites is 3. The standard InChI is InChI=1S/C52H42N4/c53-31-30-48(38-24-22-37(23-25-38)40-15-11-14-39(32-40)36-12-3-1-4-13-36)54-35-55-49-20-9-7-18-44(49)46-33-41(26-28-50(46)55)42-27-29-52-47(34-42)45-19-8-10-21-51(45)56(52)43-16-5-2-6-17-43/h1-14,16-34,40,48,54H,15,35,53H2/b31-30-. The van der Waals surface area contributed by atoms with Crippen molar-refractivity contribution in [2.45, 2.75) is 25.0 Å². The number of nitrogens with two attached hydrogens (primary N) is 1. The smallest absolute Gasteiger partial charge is 0.0739 e. The van der Waals surface area contributed by atoms with Crippen LogP contribution in [0.4, 0.5) is 0 Å². The maximum atomic E-state index is 6.04. The predicted molar refractivity (Wildman–Crippen MR) is 236 cm³/mol. The molecule has 7 aromatic carbocycles. The summed E-state index contributed by atoms with van der Waals surface area (Å²) in [6.45, 7) is 0.627. The molecule has 270 valence electrons. The fraction of sp³-hybridized carbons (Fsp3) is 0.0769. The van der Waals surface area contributed by atoms with Gasteiger partial charge >= 0.3 is 0 Å². The van der Waals surface area contributed by atoms with E-state index >= 15 is 0 Å². The minimum atomic E-state index is -0.0454. The molecular formula is C52H42N4. The molecule has 1 aliphatic carbocycles. The van der Waals surface area contributed by atoms with E-state index in [9.17, 15) is 0 Å². The van der Waals surface area contributed by atoms with Crippen LogP contribution in [0.5, 0.6) is 0 Å². The SMILES string of the molecule is N/C=C\C(NCn1c2ccccc2c2cc(-c3ccc4c(c3)c3ccccc3n4-c3ccccc3)ccc21)c1ccc(C2C=C(c3ccccc3)C=CC2)cc1. The Morgan fingerprint density at radius 1 is 0.589 bits per heavy atom. The number of fused-ring (bicyclic) bond motifs is 6. The molecule has 4 nitrogen and oxygen atoms in total. The zero-order valence-corrected chi connectivity index (χ0v) is 31.1. The van der Waals surface area contributed by atoms with Gasteiger partial charge in [-0.1, -0.05) is 140 Å². The Labute approximate surface area is 327 Å². The van der Waals surface area contributed by atoms with Crippen molar-refractivity contribution in [2.75, 3.05) is 0 Å². The van der Waals surface area contributed by atoms with Crippen LogP contribution in [0, 0.1) is 0 Å². The van der Waals surface area contributed by atoms with Crippen molar-refractivity contribution in [1.29, 1.82) is 0 Å². The molecule has 4 heteroatoms.